The van der Waals surface area contributed by atoms with Gasteiger partial charge in [0.2, 0.25) is 0 Å². The molecule has 27 heavy (non-hydrogen) atoms. The van der Waals surface area contributed by atoms with E-state index in [0.717, 1.165) is 0 Å². The van der Waals surface area contributed by atoms with Crippen LogP contribution in [0.5, 0.6) is 0 Å². The Bertz CT molecular complexity index is 835. The van der Waals surface area contributed by atoms with Gasteiger partial charge < -0.3 is 14.4 Å². The number of halogens is 1. The molecule has 0 unspecified atom stereocenters. The first-order valence-corrected chi connectivity index (χ1v) is 8.02. The van der Waals surface area contributed by atoms with Crippen LogP contribution in [0.3, 0.4) is 0 Å². The van der Waals surface area contributed by atoms with Gasteiger partial charge in [-0.15, -0.1) is 0 Å². The van der Waals surface area contributed by atoms with Gasteiger partial charge in [-0.2, -0.15) is 0 Å². The van der Waals surface area contributed by atoms with Crippen molar-refractivity contribution in [2.24, 2.45) is 10.3 Å². The third-order valence-electron chi connectivity index (χ3n) is 3.50. The summed E-state index contributed by atoms with van der Waals surface area (Å²) in [5, 5.41) is 10.6. The van der Waals surface area contributed by atoms with Crippen molar-refractivity contribution in [3.05, 3.63) is 65.5 Å². The number of oxime groups is 2. The highest BCUT2D eigenvalue weighted by molar-refractivity contribution is 6.47. The average molecular weight is 373 g/mol. The quantitative estimate of drug-likeness (QED) is 0.589. The second-order valence-corrected chi connectivity index (χ2v) is 5.35. The standard InChI is InChI=1S/C19H20FN3O4/c1-13(18(23-26-3)14-8-10-16(20)11-9-14)22-27-12-15-6-4-5-7-17(15)21-19(24)25-2/h4-11H,12H2,1-3H3,(H,21,24)/b22-13+,23-18-. The normalized spacial score (nSPS) is 11.7. The summed E-state index contributed by atoms with van der Waals surface area (Å²) in [6.07, 6.45) is -0.576. The monoisotopic (exact) mass is 373 g/mol. The topological polar surface area (TPSA) is 81.5 Å². The van der Waals surface area contributed by atoms with E-state index in [2.05, 4.69) is 20.4 Å². The summed E-state index contributed by atoms with van der Waals surface area (Å²) in [5.74, 6) is -0.351. The molecule has 2 rings (SSSR count). The summed E-state index contributed by atoms with van der Waals surface area (Å²) >= 11 is 0. The van der Waals surface area contributed by atoms with E-state index in [1.165, 1.54) is 26.4 Å². The van der Waals surface area contributed by atoms with Gasteiger partial charge in [-0.05, 0) is 37.3 Å². The van der Waals surface area contributed by atoms with Crippen LogP contribution in [-0.4, -0.2) is 31.7 Å². The molecule has 0 aliphatic rings. The first-order chi connectivity index (χ1) is 13.0. The Hall–Kier alpha value is -3.42. The summed E-state index contributed by atoms with van der Waals surface area (Å²) in [6, 6.07) is 12.9. The molecule has 1 N–H and O–H groups in total. The SMILES string of the molecule is CO/N=C(/C(C)=N/OCc1ccccc1NC(=O)OC)c1ccc(F)cc1. The Kier molecular flexibility index (Phi) is 7.30. The van der Waals surface area contributed by atoms with Crippen LogP contribution in [0.25, 0.3) is 0 Å². The molecule has 1 amide bonds. The highest BCUT2D eigenvalue weighted by Gasteiger charge is 2.11. The third kappa shape index (κ3) is 5.81. The first-order valence-electron chi connectivity index (χ1n) is 8.02. The summed E-state index contributed by atoms with van der Waals surface area (Å²) in [7, 11) is 2.70. The molecular weight excluding hydrogens is 353 g/mol. The summed E-state index contributed by atoms with van der Waals surface area (Å²) in [4.78, 5) is 21.6. The minimum absolute atomic E-state index is 0.112. The van der Waals surface area contributed by atoms with E-state index in [1.54, 1.807) is 37.3 Å². The van der Waals surface area contributed by atoms with Gasteiger partial charge in [0.25, 0.3) is 0 Å². The first kappa shape index (κ1) is 19.9. The number of benzene rings is 2. The number of anilines is 1. The van der Waals surface area contributed by atoms with E-state index in [1.807, 2.05) is 6.07 Å². The number of carbonyl (C=O) groups is 1. The van der Waals surface area contributed by atoms with Gasteiger partial charge in [0.05, 0.1) is 12.8 Å². The molecule has 0 aliphatic heterocycles. The predicted molar refractivity (Wildman–Crippen MR) is 100 cm³/mol. The Labute approximate surface area is 156 Å². The maximum atomic E-state index is 13.1. The lowest BCUT2D eigenvalue weighted by atomic mass is 10.1. The molecule has 8 heteroatoms. The van der Waals surface area contributed by atoms with Crippen molar-refractivity contribution in [1.82, 2.24) is 0 Å². The van der Waals surface area contributed by atoms with Crippen LogP contribution in [0.15, 0.2) is 58.8 Å². The van der Waals surface area contributed by atoms with Gasteiger partial charge in [0.15, 0.2) is 0 Å². The Morgan fingerprint density at radius 1 is 1.07 bits per heavy atom. The molecular formula is C19H20FN3O4. The summed E-state index contributed by atoms with van der Waals surface area (Å²) in [5.41, 5.74) is 2.77. The zero-order valence-electron chi connectivity index (χ0n) is 15.2. The van der Waals surface area contributed by atoms with Crippen LogP contribution >= 0.6 is 0 Å². The van der Waals surface area contributed by atoms with Crippen molar-refractivity contribution >= 4 is 23.2 Å². The lowest BCUT2D eigenvalue weighted by Crippen LogP contribution is -2.14. The van der Waals surface area contributed by atoms with Crippen molar-refractivity contribution in [2.75, 3.05) is 19.5 Å². The highest BCUT2D eigenvalue weighted by Crippen LogP contribution is 2.16. The van der Waals surface area contributed by atoms with E-state index in [0.29, 0.717) is 28.2 Å². The van der Waals surface area contributed by atoms with E-state index in [9.17, 15) is 9.18 Å². The Morgan fingerprint density at radius 2 is 1.78 bits per heavy atom. The van der Waals surface area contributed by atoms with Crippen molar-refractivity contribution in [2.45, 2.75) is 13.5 Å². The molecule has 2 aromatic rings. The van der Waals surface area contributed by atoms with Gasteiger partial charge in [0.1, 0.15) is 31.0 Å². The number of carbonyl (C=O) groups excluding carboxylic acids is 1. The minimum atomic E-state index is -0.576. The molecule has 0 saturated carbocycles. The Balaban J connectivity index is 2.11. The number of nitrogens with one attached hydrogen (secondary N) is 1. The smallest absolute Gasteiger partial charge is 0.411 e. The average Bonchev–Trinajstić information content (AvgIpc) is 2.68. The van der Waals surface area contributed by atoms with Crippen molar-refractivity contribution in [3.63, 3.8) is 0 Å². The number of ether oxygens (including phenoxy) is 1. The van der Waals surface area contributed by atoms with Crippen LogP contribution in [-0.2, 0) is 21.0 Å². The fourth-order valence-corrected chi connectivity index (χ4v) is 2.20. The number of nitrogens with zero attached hydrogens (tertiary/aromatic N) is 2. The number of para-hydroxylation sites is 1. The maximum absolute atomic E-state index is 13.1. The number of methoxy groups -OCH3 is 1. The second-order valence-electron chi connectivity index (χ2n) is 5.35. The molecule has 0 aliphatic carbocycles. The second kappa shape index (κ2) is 9.91. The van der Waals surface area contributed by atoms with Gasteiger partial charge >= 0.3 is 6.09 Å². The van der Waals surface area contributed by atoms with Gasteiger partial charge in [0, 0.05) is 11.1 Å². The van der Waals surface area contributed by atoms with Crippen LogP contribution in [0.2, 0.25) is 0 Å². The predicted octanol–water partition coefficient (Wildman–Crippen LogP) is 3.95. The maximum Gasteiger partial charge on any atom is 0.411 e. The van der Waals surface area contributed by atoms with Gasteiger partial charge in [-0.3, -0.25) is 5.32 Å². The molecule has 0 heterocycles. The Morgan fingerprint density at radius 3 is 2.44 bits per heavy atom. The fourth-order valence-electron chi connectivity index (χ4n) is 2.20. The molecule has 2 aromatic carbocycles. The van der Waals surface area contributed by atoms with E-state index in [-0.39, 0.29) is 12.4 Å². The zero-order valence-corrected chi connectivity index (χ0v) is 15.2. The molecule has 142 valence electrons. The van der Waals surface area contributed by atoms with E-state index in [4.69, 9.17) is 9.68 Å². The van der Waals surface area contributed by atoms with Crippen molar-refractivity contribution in [3.8, 4) is 0 Å². The van der Waals surface area contributed by atoms with Gasteiger partial charge in [-0.1, -0.05) is 28.5 Å². The summed E-state index contributed by atoms with van der Waals surface area (Å²) in [6.45, 7) is 1.81. The van der Waals surface area contributed by atoms with Crippen LogP contribution in [0.4, 0.5) is 14.9 Å². The zero-order chi connectivity index (χ0) is 19.6. The van der Waals surface area contributed by atoms with E-state index < -0.39 is 6.09 Å². The molecule has 7 nitrogen and oxygen atoms in total. The summed E-state index contributed by atoms with van der Waals surface area (Å²) < 4.78 is 17.7. The molecule has 0 aromatic heterocycles. The molecule has 0 spiro atoms. The lowest BCUT2D eigenvalue weighted by Gasteiger charge is -2.10. The molecule has 0 radical (unpaired) electrons. The van der Waals surface area contributed by atoms with E-state index >= 15 is 0 Å². The molecule has 0 saturated heterocycles. The molecule has 0 fully saturated rings. The molecule has 0 atom stereocenters. The van der Waals surface area contributed by atoms with Crippen molar-refractivity contribution in [1.29, 1.82) is 0 Å². The van der Waals surface area contributed by atoms with Gasteiger partial charge in [-0.25, -0.2) is 9.18 Å². The van der Waals surface area contributed by atoms with Crippen LogP contribution in [0, 0.1) is 5.82 Å². The minimum Gasteiger partial charge on any atom is -0.453 e. The number of hydrogen-bond donors (Lipinski definition) is 1. The van der Waals surface area contributed by atoms with Crippen LogP contribution < -0.4 is 5.32 Å². The number of amides is 1. The largest absolute Gasteiger partial charge is 0.453 e. The van der Waals surface area contributed by atoms with Crippen LogP contribution in [0.1, 0.15) is 18.1 Å². The lowest BCUT2D eigenvalue weighted by molar-refractivity contribution is 0.131. The fraction of sp³-hybridized carbons (Fsp3) is 0.211. The number of hydrogen-bond acceptors (Lipinski definition) is 6. The third-order valence-corrected chi connectivity index (χ3v) is 3.50. The highest BCUT2D eigenvalue weighted by atomic mass is 19.1. The number of rotatable bonds is 7. The molecule has 0 bridgehead atoms. The van der Waals surface area contributed by atoms with Crippen molar-refractivity contribution < 1.29 is 23.6 Å².